The van der Waals surface area contributed by atoms with E-state index in [2.05, 4.69) is 70.4 Å². The van der Waals surface area contributed by atoms with Crippen LogP contribution in [0, 0.1) is 11.8 Å². The topological polar surface area (TPSA) is 116 Å². The Morgan fingerprint density at radius 1 is 0.472 bits per heavy atom. The maximum atomic E-state index is 9.20. The summed E-state index contributed by atoms with van der Waals surface area (Å²) in [5.41, 5.74) is 14.4. The average Bonchev–Trinajstić information content (AvgIpc) is 4.05. The highest BCUT2D eigenvalue weighted by Gasteiger charge is 2.19. The Bertz CT molecular complexity index is 2740. The lowest BCUT2D eigenvalue weighted by Gasteiger charge is -2.06. The molecule has 0 saturated carbocycles. The zero-order valence-electron chi connectivity index (χ0n) is 28.5. The van der Waals surface area contributed by atoms with E-state index in [1.165, 1.54) is 0 Å². The highest BCUT2D eigenvalue weighted by atomic mass is 16.2. The van der Waals surface area contributed by atoms with Gasteiger partial charge in [-0.1, -0.05) is 42.2 Å². The smallest absolute Gasteiger partial charge is 0.0753 e. The van der Waals surface area contributed by atoms with Crippen LogP contribution in [0.15, 0.2) is 122 Å². The van der Waals surface area contributed by atoms with Crippen molar-refractivity contribution in [2.24, 2.45) is 0 Å². The van der Waals surface area contributed by atoms with Crippen LogP contribution in [0.25, 0.3) is 91.3 Å². The molecule has 0 unspecified atom stereocenters. The van der Waals surface area contributed by atoms with E-state index < -0.39 is 0 Å². The summed E-state index contributed by atoms with van der Waals surface area (Å²) < 4.78 is 0. The molecule has 3 N–H and O–H groups in total. The Morgan fingerprint density at radius 3 is 1.28 bits per heavy atom. The van der Waals surface area contributed by atoms with Crippen LogP contribution in [0.4, 0.5) is 0 Å². The molecular formula is C45H31N7O. The van der Waals surface area contributed by atoms with Gasteiger partial charge < -0.3 is 15.1 Å². The molecule has 9 rings (SSSR count). The highest BCUT2D eigenvalue weighted by molar-refractivity contribution is 5.98. The molecular weight excluding hydrogens is 655 g/mol. The second-order valence-electron chi connectivity index (χ2n) is 12.5. The quantitative estimate of drug-likeness (QED) is 0.156. The maximum Gasteiger partial charge on any atom is 0.0753 e. The number of fused-ring (bicyclic) bond motifs is 8. The summed E-state index contributed by atoms with van der Waals surface area (Å²) in [5, 5.41) is 9.20. The number of nitrogens with zero attached hydrogens (tertiary/aromatic N) is 5. The van der Waals surface area contributed by atoms with Crippen molar-refractivity contribution in [3.63, 3.8) is 0 Å². The van der Waals surface area contributed by atoms with Crippen LogP contribution >= 0.6 is 0 Å². The molecule has 252 valence electrons. The fourth-order valence-electron chi connectivity index (χ4n) is 6.79. The zero-order valence-corrected chi connectivity index (χ0v) is 28.5. The van der Waals surface area contributed by atoms with E-state index in [1.54, 1.807) is 18.6 Å². The average molecular weight is 686 g/mol. The van der Waals surface area contributed by atoms with Crippen molar-refractivity contribution in [2.45, 2.75) is 6.42 Å². The Kier molecular flexibility index (Phi) is 8.29. The molecule has 0 aliphatic carbocycles. The maximum absolute atomic E-state index is 9.20. The van der Waals surface area contributed by atoms with Crippen LogP contribution < -0.4 is 0 Å². The standard InChI is InChI=1S/C45H31N7O/c53-28-8-4-9-29-13-15-30(16-14-29)42-34-17-19-36(49-34)43(31-10-1-5-25-46-31)38-21-23-40(51-38)45(33-12-3-7-27-48-33)41-24-22-39(52-41)44(32-11-2-6-26-47-32)37-20-18-35(42)50-37/h1-3,5-7,10-27,49,52-53H,8,28H2. The number of pyridine rings is 3. The fourth-order valence-corrected chi connectivity index (χ4v) is 6.79. The minimum atomic E-state index is 0.0349. The molecule has 0 spiro atoms. The number of benzene rings is 1. The molecule has 0 atom stereocenters. The number of hydrogen-bond donors (Lipinski definition) is 3. The van der Waals surface area contributed by atoms with Crippen LogP contribution in [-0.2, 0) is 0 Å². The molecule has 0 radical (unpaired) electrons. The summed E-state index contributed by atoms with van der Waals surface area (Å²) in [6.07, 6.45) is 14.0. The van der Waals surface area contributed by atoms with E-state index >= 15 is 0 Å². The largest absolute Gasteiger partial charge is 0.395 e. The number of aromatic nitrogens is 7. The van der Waals surface area contributed by atoms with Gasteiger partial charge in [-0.15, -0.1) is 0 Å². The van der Waals surface area contributed by atoms with Gasteiger partial charge in [-0.25, -0.2) is 9.97 Å². The van der Waals surface area contributed by atoms with Gasteiger partial charge in [-0.2, -0.15) is 0 Å². The van der Waals surface area contributed by atoms with Crippen molar-refractivity contribution < 1.29 is 5.11 Å². The van der Waals surface area contributed by atoms with Gasteiger partial charge in [0.1, 0.15) is 0 Å². The van der Waals surface area contributed by atoms with Crippen LogP contribution in [0.1, 0.15) is 34.8 Å². The number of hydrogen-bond acceptors (Lipinski definition) is 6. The van der Waals surface area contributed by atoms with Gasteiger partial charge in [0.25, 0.3) is 0 Å². The van der Waals surface area contributed by atoms with Crippen molar-refractivity contribution in [1.29, 1.82) is 0 Å². The molecule has 8 heterocycles. The van der Waals surface area contributed by atoms with Crippen LogP contribution in [0.2, 0.25) is 0 Å². The molecule has 8 nitrogen and oxygen atoms in total. The number of rotatable bonds is 5. The van der Waals surface area contributed by atoms with E-state index in [0.717, 1.165) is 95.3 Å². The van der Waals surface area contributed by atoms with E-state index in [9.17, 15) is 5.11 Å². The number of H-pyrrole nitrogens is 2. The molecule has 0 saturated heterocycles. The zero-order chi connectivity index (χ0) is 35.6. The summed E-state index contributed by atoms with van der Waals surface area (Å²) in [5.74, 6) is 6.16. The van der Waals surface area contributed by atoms with Crippen molar-refractivity contribution in [2.75, 3.05) is 6.61 Å². The van der Waals surface area contributed by atoms with Gasteiger partial charge in [0, 0.05) is 58.3 Å². The van der Waals surface area contributed by atoms with E-state index in [4.69, 9.17) is 24.9 Å². The number of aromatic amines is 2. The van der Waals surface area contributed by atoms with Gasteiger partial charge in [0.15, 0.2) is 0 Å². The van der Waals surface area contributed by atoms with Crippen LogP contribution in [-0.4, -0.2) is 46.6 Å². The molecule has 2 aliphatic rings. The molecule has 0 fully saturated rings. The molecule has 0 amide bonds. The minimum absolute atomic E-state index is 0.0349. The summed E-state index contributed by atoms with van der Waals surface area (Å²) in [7, 11) is 0. The van der Waals surface area contributed by atoms with Gasteiger partial charge in [0.05, 0.1) is 63.0 Å². The van der Waals surface area contributed by atoms with Crippen LogP contribution in [0.3, 0.4) is 0 Å². The predicted octanol–water partition coefficient (Wildman–Crippen LogP) is 9.24. The molecule has 6 aromatic heterocycles. The Morgan fingerprint density at radius 2 is 0.887 bits per heavy atom. The first-order chi connectivity index (χ1) is 26.2. The van der Waals surface area contributed by atoms with Gasteiger partial charge in [-0.05, 0) is 103 Å². The van der Waals surface area contributed by atoms with Crippen molar-refractivity contribution in [1.82, 2.24) is 34.9 Å². The van der Waals surface area contributed by atoms with Crippen LogP contribution in [0.5, 0.6) is 0 Å². The lowest BCUT2D eigenvalue weighted by molar-refractivity contribution is 0.305. The number of aliphatic hydroxyl groups is 1. The first-order valence-electron chi connectivity index (χ1n) is 17.3. The SMILES string of the molecule is OCCC#Cc1ccc(-c2c3nc(c(-c4ccccn4)c4ccc([nH]4)c(-c4ccccn4)c4nc(c(-c5ccccn5)c5ccc2[nH]5)C=C4)C=C3)cc1. The van der Waals surface area contributed by atoms with Crippen molar-refractivity contribution in [3.05, 3.63) is 150 Å². The summed E-state index contributed by atoms with van der Waals surface area (Å²) in [6, 6.07) is 34.2. The van der Waals surface area contributed by atoms with Gasteiger partial charge in [-0.3, -0.25) is 15.0 Å². The number of nitrogens with one attached hydrogen (secondary N) is 2. The Labute approximate surface area is 305 Å². The second kappa shape index (κ2) is 13.8. The third kappa shape index (κ3) is 6.12. The molecule has 8 bridgehead atoms. The summed E-state index contributed by atoms with van der Waals surface area (Å²) in [4.78, 5) is 32.3. The molecule has 7 aromatic rings. The first kappa shape index (κ1) is 31.7. The monoisotopic (exact) mass is 685 g/mol. The number of aliphatic hydroxyl groups excluding tert-OH is 1. The predicted molar refractivity (Wildman–Crippen MR) is 213 cm³/mol. The van der Waals surface area contributed by atoms with Gasteiger partial charge in [0.2, 0.25) is 0 Å². The molecule has 8 heteroatoms. The van der Waals surface area contributed by atoms with Crippen molar-refractivity contribution in [3.8, 4) is 56.7 Å². The van der Waals surface area contributed by atoms with E-state index in [1.807, 2.05) is 78.9 Å². The summed E-state index contributed by atoms with van der Waals surface area (Å²) >= 11 is 0. The normalized spacial score (nSPS) is 11.7. The lowest BCUT2D eigenvalue weighted by Crippen LogP contribution is -1.91. The Balaban J connectivity index is 1.42. The molecule has 1 aromatic carbocycles. The fraction of sp³-hybridized carbons (Fsp3) is 0.0444. The third-order valence-electron chi connectivity index (χ3n) is 9.16. The first-order valence-corrected chi connectivity index (χ1v) is 17.3. The Hall–Kier alpha value is -7.21. The highest BCUT2D eigenvalue weighted by Crippen LogP contribution is 2.37. The molecule has 2 aliphatic heterocycles. The van der Waals surface area contributed by atoms with E-state index in [0.29, 0.717) is 6.42 Å². The van der Waals surface area contributed by atoms with Crippen molar-refractivity contribution >= 4 is 46.4 Å². The molecule has 53 heavy (non-hydrogen) atoms. The summed E-state index contributed by atoms with van der Waals surface area (Å²) in [6.45, 7) is 0.0349. The third-order valence-corrected chi connectivity index (χ3v) is 9.16. The lowest BCUT2D eigenvalue weighted by atomic mass is 10.0. The van der Waals surface area contributed by atoms with Gasteiger partial charge >= 0.3 is 0 Å². The minimum Gasteiger partial charge on any atom is -0.395 e. The second-order valence-corrected chi connectivity index (χ2v) is 12.5. The van der Waals surface area contributed by atoms with E-state index in [-0.39, 0.29) is 6.61 Å².